The van der Waals surface area contributed by atoms with Gasteiger partial charge < -0.3 is 13.7 Å². The molecule has 0 radical (unpaired) electrons. The molecule has 1 aliphatic rings. The Kier molecular flexibility index (Phi) is 5.84. The molecule has 0 unspecified atom stereocenters. The Morgan fingerprint density at radius 2 is 2.04 bits per heavy atom. The molecule has 1 fully saturated rings. The van der Waals surface area contributed by atoms with Gasteiger partial charge in [0.05, 0.1) is 18.4 Å². The van der Waals surface area contributed by atoms with Crippen LogP contribution in [0.2, 0.25) is 0 Å². The number of furan rings is 1. The third kappa shape index (κ3) is 4.02. The molecule has 144 valence electrons. The average molecular weight is 382 g/mol. The molecule has 0 N–H and O–H groups in total. The van der Waals surface area contributed by atoms with Crippen LogP contribution in [-0.4, -0.2) is 43.2 Å². The van der Waals surface area contributed by atoms with Gasteiger partial charge in [-0.15, -0.1) is 0 Å². The van der Waals surface area contributed by atoms with Crippen molar-refractivity contribution in [1.29, 1.82) is 0 Å². The Morgan fingerprint density at radius 3 is 2.69 bits per heavy atom. The molecule has 0 saturated carbocycles. The molecule has 7 nitrogen and oxygen atoms in total. The van der Waals surface area contributed by atoms with Crippen LogP contribution in [0.25, 0.3) is 11.5 Å². The molecule has 0 aliphatic carbocycles. The summed E-state index contributed by atoms with van der Waals surface area (Å²) in [4.78, 5) is 0. The van der Waals surface area contributed by atoms with E-state index in [-0.39, 0.29) is 23.2 Å². The predicted molar refractivity (Wildman–Crippen MR) is 96.0 cm³/mol. The van der Waals surface area contributed by atoms with Gasteiger partial charge in [0.15, 0.2) is 5.76 Å². The van der Waals surface area contributed by atoms with Crippen molar-refractivity contribution >= 4 is 10.0 Å². The molecule has 2 aromatic heterocycles. The minimum absolute atomic E-state index is 0.0810. The lowest BCUT2D eigenvalue weighted by atomic mass is 10.0. The molecular weight excluding hydrogens is 356 g/mol. The van der Waals surface area contributed by atoms with Gasteiger partial charge in [0.25, 0.3) is 10.0 Å². The normalized spacial score (nSPS) is 22.2. The highest BCUT2D eigenvalue weighted by Gasteiger charge is 2.37. The summed E-state index contributed by atoms with van der Waals surface area (Å²) in [5.74, 6) is 0.977. The van der Waals surface area contributed by atoms with Crippen molar-refractivity contribution in [2.45, 2.75) is 57.3 Å². The monoisotopic (exact) mass is 382 g/mol. The molecule has 0 aromatic carbocycles. The number of nitrogens with zero attached hydrogens (tertiary/aromatic N) is 2. The van der Waals surface area contributed by atoms with Gasteiger partial charge >= 0.3 is 0 Å². The van der Waals surface area contributed by atoms with Crippen LogP contribution < -0.4 is 0 Å². The van der Waals surface area contributed by atoms with Gasteiger partial charge in [0.2, 0.25) is 10.9 Å². The van der Waals surface area contributed by atoms with E-state index in [0.29, 0.717) is 24.6 Å². The van der Waals surface area contributed by atoms with Gasteiger partial charge in [-0.2, -0.15) is 4.31 Å². The summed E-state index contributed by atoms with van der Waals surface area (Å²) in [7, 11) is -3.73. The minimum Gasteiger partial charge on any atom is -0.440 e. The van der Waals surface area contributed by atoms with Crippen LogP contribution >= 0.6 is 0 Å². The Labute approximate surface area is 154 Å². The largest absolute Gasteiger partial charge is 0.440 e. The summed E-state index contributed by atoms with van der Waals surface area (Å²) in [6, 6.07) is 4.68. The Hall–Kier alpha value is -1.64. The SMILES string of the molecule is CCCC[C@@H]1CN(S(=O)(=O)c2ccc(-c3ccno3)o2)C[C@H](C(C)C)O1. The molecule has 8 heteroatoms. The number of hydrogen-bond acceptors (Lipinski definition) is 6. The Balaban J connectivity index is 1.82. The second-order valence-corrected chi connectivity index (χ2v) is 8.87. The first-order chi connectivity index (χ1) is 12.4. The molecule has 3 heterocycles. The zero-order valence-electron chi connectivity index (χ0n) is 15.4. The molecule has 1 aliphatic heterocycles. The number of sulfonamides is 1. The van der Waals surface area contributed by atoms with Crippen LogP contribution in [0.15, 0.2) is 38.4 Å². The van der Waals surface area contributed by atoms with Gasteiger partial charge in [0, 0.05) is 19.2 Å². The Morgan fingerprint density at radius 1 is 1.23 bits per heavy atom. The fraction of sp³-hybridized carbons (Fsp3) is 0.611. The fourth-order valence-corrected chi connectivity index (χ4v) is 4.45. The minimum atomic E-state index is -3.73. The van der Waals surface area contributed by atoms with Gasteiger partial charge in [-0.1, -0.05) is 38.8 Å². The third-order valence-corrected chi connectivity index (χ3v) is 6.34. The van der Waals surface area contributed by atoms with Crippen molar-refractivity contribution in [2.75, 3.05) is 13.1 Å². The van der Waals surface area contributed by atoms with Gasteiger partial charge in [-0.3, -0.25) is 0 Å². The van der Waals surface area contributed by atoms with Crippen LogP contribution in [0.1, 0.15) is 40.0 Å². The van der Waals surface area contributed by atoms with E-state index in [4.69, 9.17) is 13.7 Å². The lowest BCUT2D eigenvalue weighted by Crippen LogP contribution is -2.51. The zero-order valence-corrected chi connectivity index (χ0v) is 16.2. The van der Waals surface area contributed by atoms with Gasteiger partial charge in [0.1, 0.15) is 0 Å². The highest BCUT2D eigenvalue weighted by molar-refractivity contribution is 7.89. The van der Waals surface area contributed by atoms with Crippen LogP contribution in [0.3, 0.4) is 0 Å². The van der Waals surface area contributed by atoms with Gasteiger partial charge in [-0.25, -0.2) is 8.42 Å². The lowest BCUT2D eigenvalue weighted by molar-refractivity contribution is -0.0860. The number of aromatic nitrogens is 1. The molecule has 26 heavy (non-hydrogen) atoms. The van der Waals surface area contributed by atoms with E-state index in [9.17, 15) is 8.42 Å². The maximum absolute atomic E-state index is 13.1. The number of ether oxygens (including phenoxy) is 1. The second kappa shape index (κ2) is 7.94. The van der Waals surface area contributed by atoms with Crippen LogP contribution in [0, 0.1) is 5.92 Å². The number of unbranched alkanes of at least 4 members (excludes halogenated alkanes) is 1. The van der Waals surface area contributed by atoms with E-state index < -0.39 is 10.0 Å². The van der Waals surface area contributed by atoms with Crippen molar-refractivity contribution in [3.8, 4) is 11.5 Å². The maximum Gasteiger partial charge on any atom is 0.276 e. The average Bonchev–Trinajstić information content (AvgIpc) is 3.30. The summed E-state index contributed by atoms with van der Waals surface area (Å²) in [5.41, 5.74) is 0. The first kappa shape index (κ1) is 19.1. The fourth-order valence-electron chi connectivity index (χ4n) is 3.05. The van der Waals surface area contributed by atoms with E-state index in [2.05, 4.69) is 12.1 Å². The summed E-state index contributed by atoms with van der Waals surface area (Å²) in [6.45, 7) is 6.90. The van der Waals surface area contributed by atoms with Crippen LogP contribution in [-0.2, 0) is 14.8 Å². The molecule has 3 rings (SSSR count). The van der Waals surface area contributed by atoms with E-state index in [1.807, 2.05) is 13.8 Å². The Bertz CT molecular complexity index is 797. The van der Waals surface area contributed by atoms with Crippen molar-refractivity contribution in [1.82, 2.24) is 9.46 Å². The standard InChI is InChI=1S/C18H26N2O5S/c1-4-5-6-14-11-20(12-17(23-14)13(2)3)26(21,22)18-8-7-15(24-18)16-9-10-19-25-16/h7-10,13-14,17H,4-6,11-12H2,1-3H3/t14-,17-/m1/s1. The summed E-state index contributed by atoms with van der Waals surface area (Å²) < 4.78 is 44.4. The smallest absolute Gasteiger partial charge is 0.276 e. The number of morpholine rings is 1. The first-order valence-corrected chi connectivity index (χ1v) is 10.5. The second-order valence-electron chi connectivity index (χ2n) is 7.00. The van der Waals surface area contributed by atoms with E-state index >= 15 is 0 Å². The first-order valence-electron chi connectivity index (χ1n) is 9.08. The molecule has 1 saturated heterocycles. The molecule has 0 spiro atoms. The predicted octanol–water partition coefficient (Wildman–Crippen LogP) is 3.54. The highest BCUT2D eigenvalue weighted by Crippen LogP contribution is 2.29. The van der Waals surface area contributed by atoms with Crippen molar-refractivity contribution in [3.63, 3.8) is 0 Å². The zero-order chi connectivity index (χ0) is 18.7. The lowest BCUT2D eigenvalue weighted by Gasteiger charge is -2.38. The van der Waals surface area contributed by atoms with Crippen molar-refractivity contribution in [3.05, 3.63) is 24.4 Å². The quantitative estimate of drug-likeness (QED) is 0.728. The molecule has 0 bridgehead atoms. The number of rotatable bonds is 7. The van der Waals surface area contributed by atoms with Crippen molar-refractivity contribution in [2.24, 2.45) is 5.92 Å². The molecule has 2 atom stereocenters. The van der Waals surface area contributed by atoms with E-state index in [1.165, 1.54) is 16.6 Å². The summed E-state index contributed by atoms with van der Waals surface area (Å²) in [5, 5.41) is 3.54. The third-order valence-electron chi connectivity index (χ3n) is 4.64. The van der Waals surface area contributed by atoms with E-state index in [1.54, 1.807) is 12.1 Å². The summed E-state index contributed by atoms with van der Waals surface area (Å²) >= 11 is 0. The van der Waals surface area contributed by atoms with Gasteiger partial charge in [-0.05, 0) is 24.5 Å². The highest BCUT2D eigenvalue weighted by atomic mass is 32.2. The van der Waals surface area contributed by atoms with Crippen molar-refractivity contribution < 1.29 is 22.1 Å². The topological polar surface area (TPSA) is 85.8 Å². The van der Waals surface area contributed by atoms with E-state index in [0.717, 1.165) is 19.3 Å². The number of hydrogen-bond donors (Lipinski definition) is 0. The molecular formula is C18H26N2O5S. The summed E-state index contributed by atoms with van der Waals surface area (Å²) in [6.07, 6.45) is 4.20. The van der Waals surface area contributed by atoms with Crippen LogP contribution in [0.4, 0.5) is 0 Å². The molecule has 2 aromatic rings. The maximum atomic E-state index is 13.1. The van der Waals surface area contributed by atoms with Crippen LogP contribution in [0.5, 0.6) is 0 Å². The molecule has 0 amide bonds.